The molecule has 0 N–H and O–H groups in total. The SMILES string of the molecule is CO[C@@H]1CCO[C@@]2(CCN(C(=O)[C@@H](C)Cl)C2)C1. The van der Waals surface area contributed by atoms with E-state index in [1.165, 1.54) is 0 Å². The van der Waals surface area contributed by atoms with Gasteiger partial charge in [-0.3, -0.25) is 4.79 Å². The van der Waals surface area contributed by atoms with Crippen LogP contribution in [0, 0.1) is 0 Å². The molecule has 2 rings (SSSR count). The third-order valence-corrected chi connectivity index (χ3v) is 3.94. The molecule has 5 heteroatoms. The van der Waals surface area contributed by atoms with Crippen molar-refractivity contribution in [3.8, 4) is 0 Å². The molecule has 1 amide bonds. The highest BCUT2D eigenvalue weighted by atomic mass is 35.5. The highest BCUT2D eigenvalue weighted by Crippen LogP contribution is 2.35. The smallest absolute Gasteiger partial charge is 0.240 e. The lowest BCUT2D eigenvalue weighted by molar-refractivity contribution is -0.136. The Morgan fingerprint density at radius 3 is 3.06 bits per heavy atom. The monoisotopic (exact) mass is 261 g/mol. The van der Waals surface area contributed by atoms with E-state index in [9.17, 15) is 4.79 Å². The maximum absolute atomic E-state index is 11.8. The van der Waals surface area contributed by atoms with Gasteiger partial charge in [-0.15, -0.1) is 11.6 Å². The van der Waals surface area contributed by atoms with Gasteiger partial charge in [-0.1, -0.05) is 0 Å². The van der Waals surface area contributed by atoms with Crippen LogP contribution >= 0.6 is 11.6 Å². The van der Waals surface area contributed by atoms with Crippen molar-refractivity contribution in [1.82, 2.24) is 4.90 Å². The molecular weight excluding hydrogens is 242 g/mol. The topological polar surface area (TPSA) is 38.8 Å². The predicted molar refractivity (Wildman–Crippen MR) is 65.2 cm³/mol. The fraction of sp³-hybridized carbons (Fsp3) is 0.917. The number of carbonyl (C=O) groups is 1. The summed E-state index contributed by atoms with van der Waals surface area (Å²) in [5, 5.41) is -0.452. The van der Waals surface area contributed by atoms with Gasteiger partial charge in [-0.05, 0) is 19.8 Å². The summed E-state index contributed by atoms with van der Waals surface area (Å²) in [5.74, 6) is 0.00619. The molecule has 0 aliphatic carbocycles. The molecule has 2 saturated heterocycles. The molecule has 0 aromatic rings. The van der Waals surface area contributed by atoms with Gasteiger partial charge < -0.3 is 14.4 Å². The van der Waals surface area contributed by atoms with Gasteiger partial charge in [-0.25, -0.2) is 0 Å². The largest absolute Gasteiger partial charge is 0.381 e. The molecule has 3 atom stereocenters. The van der Waals surface area contributed by atoms with Gasteiger partial charge in [-0.2, -0.15) is 0 Å². The Morgan fingerprint density at radius 1 is 1.65 bits per heavy atom. The predicted octanol–water partition coefficient (Wildman–Crippen LogP) is 1.41. The Balaban J connectivity index is 1.98. The quantitative estimate of drug-likeness (QED) is 0.706. The lowest BCUT2D eigenvalue weighted by atomic mass is 9.91. The van der Waals surface area contributed by atoms with Crippen LogP contribution in [0.1, 0.15) is 26.2 Å². The van der Waals surface area contributed by atoms with Gasteiger partial charge in [0.25, 0.3) is 0 Å². The molecular formula is C12H20ClNO3. The molecule has 0 unspecified atom stereocenters. The maximum atomic E-state index is 11.8. The number of hydrogen-bond acceptors (Lipinski definition) is 3. The summed E-state index contributed by atoms with van der Waals surface area (Å²) >= 11 is 5.83. The third kappa shape index (κ3) is 2.75. The van der Waals surface area contributed by atoms with Crippen LogP contribution in [0.5, 0.6) is 0 Å². The zero-order valence-electron chi connectivity index (χ0n) is 10.4. The molecule has 0 radical (unpaired) electrons. The second-order valence-corrected chi connectivity index (χ2v) is 5.66. The van der Waals surface area contributed by atoms with Crippen molar-refractivity contribution in [2.75, 3.05) is 26.8 Å². The number of carbonyl (C=O) groups excluding carboxylic acids is 1. The average molecular weight is 262 g/mol. The van der Waals surface area contributed by atoms with E-state index >= 15 is 0 Å². The summed E-state index contributed by atoms with van der Waals surface area (Å²) in [4.78, 5) is 13.6. The van der Waals surface area contributed by atoms with Gasteiger partial charge in [0.2, 0.25) is 5.91 Å². The molecule has 1 spiro atoms. The van der Waals surface area contributed by atoms with E-state index in [1.54, 1.807) is 14.0 Å². The normalized spacial score (nSPS) is 35.2. The minimum atomic E-state index is -0.452. The molecule has 4 nitrogen and oxygen atoms in total. The Kier molecular flexibility index (Phi) is 3.95. The highest BCUT2D eigenvalue weighted by Gasteiger charge is 2.45. The number of methoxy groups -OCH3 is 1. The number of amides is 1. The number of nitrogens with zero attached hydrogens (tertiary/aromatic N) is 1. The summed E-state index contributed by atoms with van der Waals surface area (Å²) < 4.78 is 11.3. The summed E-state index contributed by atoms with van der Waals surface area (Å²) in [6.45, 7) is 3.83. The fourth-order valence-corrected chi connectivity index (χ4v) is 2.89. The molecule has 2 heterocycles. The summed E-state index contributed by atoms with van der Waals surface area (Å²) in [6.07, 6.45) is 2.97. The number of alkyl halides is 1. The van der Waals surface area contributed by atoms with Gasteiger partial charge in [0.15, 0.2) is 0 Å². The highest BCUT2D eigenvalue weighted by molar-refractivity contribution is 6.30. The van der Waals surface area contributed by atoms with Crippen LogP contribution in [0.15, 0.2) is 0 Å². The van der Waals surface area contributed by atoms with E-state index in [0.717, 1.165) is 32.4 Å². The minimum absolute atomic E-state index is 0.00619. The van der Waals surface area contributed by atoms with Crippen molar-refractivity contribution in [2.45, 2.75) is 43.3 Å². The van der Waals surface area contributed by atoms with Gasteiger partial charge in [0, 0.05) is 33.2 Å². The summed E-state index contributed by atoms with van der Waals surface area (Å²) in [7, 11) is 1.74. The number of rotatable bonds is 2. The van der Waals surface area contributed by atoms with Crippen molar-refractivity contribution in [3.63, 3.8) is 0 Å². The molecule has 0 saturated carbocycles. The van der Waals surface area contributed by atoms with Gasteiger partial charge in [0.1, 0.15) is 5.38 Å². The molecule has 2 aliphatic heterocycles. The standard InChI is InChI=1S/C12H20ClNO3/c1-9(13)11(15)14-5-4-12(8-14)7-10(16-2)3-6-17-12/h9-10H,3-8H2,1-2H3/t9-,10-,12+/m1/s1. The first-order chi connectivity index (χ1) is 8.06. The third-order valence-electron chi connectivity index (χ3n) is 3.75. The molecule has 17 heavy (non-hydrogen) atoms. The van der Waals surface area contributed by atoms with E-state index in [2.05, 4.69) is 0 Å². The molecule has 2 fully saturated rings. The van der Waals surface area contributed by atoms with Crippen LogP contribution in [0.4, 0.5) is 0 Å². The first-order valence-electron chi connectivity index (χ1n) is 6.16. The zero-order valence-corrected chi connectivity index (χ0v) is 11.2. The van der Waals surface area contributed by atoms with Crippen molar-refractivity contribution >= 4 is 17.5 Å². The summed E-state index contributed by atoms with van der Waals surface area (Å²) in [6, 6.07) is 0. The number of likely N-dealkylation sites (tertiary alicyclic amines) is 1. The molecule has 98 valence electrons. The molecule has 0 bridgehead atoms. The van der Waals surface area contributed by atoms with E-state index in [-0.39, 0.29) is 17.6 Å². The van der Waals surface area contributed by atoms with Crippen molar-refractivity contribution in [3.05, 3.63) is 0 Å². The van der Waals surface area contributed by atoms with Crippen LogP contribution in [0.3, 0.4) is 0 Å². The Hall–Kier alpha value is -0.320. The first kappa shape index (κ1) is 13.1. The van der Waals surface area contributed by atoms with E-state index in [0.29, 0.717) is 6.54 Å². The summed E-state index contributed by atoms with van der Waals surface area (Å²) in [5.41, 5.74) is -0.194. The Bertz CT molecular complexity index is 297. The lowest BCUT2D eigenvalue weighted by Crippen LogP contribution is -2.46. The molecule has 2 aliphatic rings. The van der Waals surface area contributed by atoms with E-state index in [4.69, 9.17) is 21.1 Å². The van der Waals surface area contributed by atoms with E-state index in [1.807, 2.05) is 4.90 Å². The van der Waals surface area contributed by atoms with Crippen LogP contribution in [0.25, 0.3) is 0 Å². The maximum Gasteiger partial charge on any atom is 0.240 e. The number of hydrogen-bond donors (Lipinski definition) is 0. The van der Waals surface area contributed by atoms with Crippen LogP contribution in [0.2, 0.25) is 0 Å². The van der Waals surface area contributed by atoms with Crippen molar-refractivity contribution in [2.24, 2.45) is 0 Å². The Morgan fingerprint density at radius 2 is 2.41 bits per heavy atom. The van der Waals surface area contributed by atoms with Crippen LogP contribution in [-0.2, 0) is 14.3 Å². The molecule has 0 aromatic carbocycles. The second kappa shape index (κ2) is 5.12. The second-order valence-electron chi connectivity index (χ2n) is 5.01. The number of halogens is 1. The van der Waals surface area contributed by atoms with Gasteiger partial charge >= 0.3 is 0 Å². The van der Waals surface area contributed by atoms with Crippen LogP contribution < -0.4 is 0 Å². The first-order valence-corrected chi connectivity index (χ1v) is 6.59. The Labute approximate surface area is 107 Å². The number of ether oxygens (including phenoxy) is 2. The average Bonchev–Trinajstić information content (AvgIpc) is 2.71. The van der Waals surface area contributed by atoms with Gasteiger partial charge in [0.05, 0.1) is 11.7 Å². The zero-order chi connectivity index (χ0) is 12.5. The van der Waals surface area contributed by atoms with Crippen LogP contribution in [-0.4, -0.2) is 54.7 Å². The molecule has 0 aromatic heterocycles. The minimum Gasteiger partial charge on any atom is -0.381 e. The lowest BCUT2D eigenvalue weighted by Gasteiger charge is -2.37. The van der Waals surface area contributed by atoms with Crippen molar-refractivity contribution < 1.29 is 14.3 Å². The van der Waals surface area contributed by atoms with Crippen molar-refractivity contribution in [1.29, 1.82) is 0 Å². The van der Waals surface area contributed by atoms with E-state index < -0.39 is 5.38 Å². The fourth-order valence-electron chi connectivity index (χ4n) is 2.75.